The zero-order valence-electron chi connectivity index (χ0n) is 13.4. The predicted octanol–water partition coefficient (Wildman–Crippen LogP) is 1.57. The summed E-state index contributed by atoms with van der Waals surface area (Å²) >= 11 is 0. The molecular weight excluding hydrogens is 268 g/mol. The van der Waals surface area contributed by atoms with Gasteiger partial charge in [-0.1, -0.05) is 6.92 Å². The third kappa shape index (κ3) is 4.46. The number of rotatable bonds is 4. The topological polar surface area (TPSA) is 59.4 Å². The molecule has 2 amide bonds. The standard InChI is InChI=1S/C15H26N4O2/c1-11(9-19-13(3)7-12(2)17-19)8-16-15(20)18-5-6-21-14(4)10-18/h7,11,14H,5-6,8-10H2,1-4H3,(H,16,20). The molecule has 1 fully saturated rings. The fourth-order valence-corrected chi connectivity index (χ4v) is 2.60. The average Bonchev–Trinajstić information content (AvgIpc) is 2.74. The number of hydrogen-bond donors (Lipinski definition) is 1. The van der Waals surface area contributed by atoms with E-state index >= 15 is 0 Å². The second-order valence-electron chi connectivity index (χ2n) is 6.03. The SMILES string of the molecule is Cc1cc(C)n(CC(C)CNC(=O)N2CCOC(C)C2)n1. The minimum atomic E-state index is 0.00497. The lowest BCUT2D eigenvalue weighted by Gasteiger charge is -2.31. The van der Waals surface area contributed by atoms with Crippen LogP contribution >= 0.6 is 0 Å². The van der Waals surface area contributed by atoms with Gasteiger partial charge in [0.15, 0.2) is 0 Å². The van der Waals surface area contributed by atoms with Gasteiger partial charge in [-0.15, -0.1) is 0 Å². The Morgan fingerprint density at radius 2 is 2.33 bits per heavy atom. The van der Waals surface area contributed by atoms with E-state index in [-0.39, 0.29) is 12.1 Å². The summed E-state index contributed by atoms with van der Waals surface area (Å²) in [5.74, 6) is 0.338. The van der Waals surface area contributed by atoms with Gasteiger partial charge in [-0.25, -0.2) is 4.79 Å². The van der Waals surface area contributed by atoms with Crippen LogP contribution in [0.1, 0.15) is 25.2 Å². The first-order valence-electron chi connectivity index (χ1n) is 7.61. The molecule has 6 nitrogen and oxygen atoms in total. The molecule has 2 atom stereocenters. The van der Waals surface area contributed by atoms with Crippen molar-refractivity contribution in [3.8, 4) is 0 Å². The summed E-state index contributed by atoms with van der Waals surface area (Å²) in [6.07, 6.45) is 0.122. The predicted molar refractivity (Wildman–Crippen MR) is 81.3 cm³/mol. The molecule has 1 N–H and O–H groups in total. The van der Waals surface area contributed by atoms with Crippen molar-refractivity contribution >= 4 is 6.03 Å². The van der Waals surface area contributed by atoms with Gasteiger partial charge in [0.2, 0.25) is 0 Å². The monoisotopic (exact) mass is 294 g/mol. The molecule has 2 unspecified atom stereocenters. The molecule has 0 spiro atoms. The molecule has 1 aliphatic rings. The lowest BCUT2D eigenvalue weighted by Crippen LogP contribution is -2.49. The Kier molecular flexibility index (Phi) is 5.22. The van der Waals surface area contributed by atoms with Gasteiger partial charge in [0.1, 0.15) is 0 Å². The number of ether oxygens (including phenoxy) is 1. The van der Waals surface area contributed by atoms with Crippen molar-refractivity contribution in [2.45, 2.75) is 40.3 Å². The highest BCUT2D eigenvalue weighted by atomic mass is 16.5. The molecular formula is C15H26N4O2. The van der Waals surface area contributed by atoms with E-state index in [1.807, 2.05) is 23.4 Å². The van der Waals surface area contributed by atoms with Crippen molar-refractivity contribution in [1.82, 2.24) is 20.0 Å². The number of morpholine rings is 1. The molecule has 0 aromatic carbocycles. The van der Waals surface area contributed by atoms with Crippen molar-refractivity contribution in [2.24, 2.45) is 5.92 Å². The summed E-state index contributed by atoms with van der Waals surface area (Å²) in [4.78, 5) is 13.9. The second kappa shape index (κ2) is 6.93. The third-order valence-corrected chi connectivity index (χ3v) is 3.72. The molecule has 2 rings (SSSR count). The molecule has 2 heterocycles. The molecule has 1 saturated heterocycles. The van der Waals surface area contributed by atoms with Crippen LogP contribution in [-0.2, 0) is 11.3 Å². The molecule has 0 radical (unpaired) electrons. The Morgan fingerprint density at radius 3 is 2.95 bits per heavy atom. The van der Waals surface area contributed by atoms with E-state index in [1.54, 1.807) is 0 Å². The van der Waals surface area contributed by atoms with Gasteiger partial charge < -0.3 is 15.0 Å². The smallest absolute Gasteiger partial charge is 0.317 e. The van der Waals surface area contributed by atoms with Gasteiger partial charge in [0.05, 0.1) is 18.4 Å². The number of carbonyl (C=O) groups is 1. The summed E-state index contributed by atoms with van der Waals surface area (Å²) in [5.41, 5.74) is 2.19. The molecule has 6 heteroatoms. The maximum absolute atomic E-state index is 12.1. The number of nitrogens with zero attached hydrogens (tertiary/aromatic N) is 3. The quantitative estimate of drug-likeness (QED) is 0.917. The number of hydrogen-bond acceptors (Lipinski definition) is 3. The Morgan fingerprint density at radius 1 is 1.57 bits per heavy atom. The highest BCUT2D eigenvalue weighted by Crippen LogP contribution is 2.07. The molecule has 0 bridgehead atoms. The molecule has 21 heavy (non-hydrogen) atoms. The van der Waals surface area contributed by atoms with Crippen molar-refractivity contribution in [3.05, 3.63) is 17.5 Å². The number of urea groups is 1. The van der Waals surface area contributed by atoms with Crippen LogP contribution in [-0.4, -0.2) is 53.1 Å². The largest absolute Gasteiger partial charge is 0.375 e. The van der Waals surface area contributed by atoms with Crippen LogP contribution in [0.5, 0.6) is 0 Å². The molecule has 1 aliphatic heterocycles. The number of nitrogens with one attached hydrogen (secondary N) is 1. The van der Waals surface area contributed by atoms with E-state index in [4.69, 9.17) is 4.74 Å². The van der Waals surface area contributed by atoms with E-state index in [1.165, 1.54) is 0 Å². The first-order chi connectivity index (χ1) is 9.95. The van der Waals surface area contributed by atoms with Crippen LogP contribution in [0, 0.1) is 19.8 Å². The Labute approximate surface area is 126 Å². The zero-order valence-corrected chi connectivity index (χ0v) is 13.4. The van der Waals surface area contributed by atoms with Gasteiger partial charge >= 0.3 is 6.03 Å². The van der Waals surface area contributed by atoms with Crippen molar-refractivity contribution < 1.29 is 9.53 Å². The van der Waals surface area contributed by atoms with Gasteiger partial charge in [0, 0.05) is 31.9 Å². The third-order valence-electron chi connectivity index (χ3n) is 3.72. The van der Waals surface area contributed by atoms with Crippen LogP contribution in [0.2, 0.25) is 0 Å². The average molecular weight is 294 g/mol. The minimum Gasteiger partial charge on any atom is -0.375 e. The zero-order chi connectivity index (χ0) is 15.4. The number of amides is 2. The summed E-state index contributed by atoms with van der Waals surface area (Å²) in [5, 5.41) is 7.46. The normalized spacial score (nSPS) is 20.4. The van der Waals surface area contributed by atoms with Crippen LogP contribution in [0.15, 0.2) is 6.07 Å². The van der Waals surface area contributed by atoms with Crippen molar-refractivity contribution in [3.63, 3.8) is 0 Å². The molecule has 1 aromatic rings. The highest BCUT2D eigenvalue weighted by molar-refractivity contribution is 5.74. The van der Waals surface area contributed by atoms with E-state index in [0.717, 1.165) is 17.9 Å². The Bertz CT molecular complexity index is 486. The second-order valence-corrected chi connectivity index (χ2v) is 6.03. The van der Waals surface area contributed by atoms with Crippen molar-refractivity contribution in [1.29, 1.82) is 0 Å². The fourth-order valence-electron chi connectivity index (χ4n) is 2.60. The summed E-state index contributed by atoms with van der Waals surface area (Å²) in [7, 11) is 0. The van der Waals surface area contributed by atoms with Gasteiger partial charge in [-0.2, -0.15) is 5.10 Å². The van der Waals surface area contributed by atoms with Gasteiger partial charge in [-0.05, 0) is 32.8 Å². The van der Waals surface area contributed by atoms with Crippen LogP contribution in [0.3, 0.4) is 0 Å². The Hall–Kier alpha value is -1.56. The first-order valence-corrected chi connectivity index (χ1v) is 7.61. The molecule has 118 valence electrons. The highest BCUT2D eigenvalue weighted by Gasteiger charge is 2.21. The number of aromatic nitrogens is 2. The summed E-state index contributed by atoms with van der Waals surface area (Å²) in [6.45, 7) is 11.6. The van der Waals surface area contributed by atoms with Gasteiger partial charge in [-0.3, -0.25) is 4.68 Å². The molecule has 0 saturated carbocycles. The summed E-state index contributed by atoms with van der Waals surface area (Å²) in [6, 6.07) is 2.07. The summed E-state index contributed by atoms with van der Waals surface area (Å²) < 4.78 is 7.45. The number of carbonyl (C=O) groups excluding carboxylic acids is 1. The first kappa shape index (κ1) is 15.8. The van der Waals surface area contributed by atoms with E-state index in [0.29, 0.717) is 32.2 Å². The van der Waals surface area contributed by atoms with Crippen molar-refractivity contribution in [2.75, 3.05) is 26.2 Å². The Balaban J connectivity index is 1.77. The minimum absolute atomic E-state index is 0.00497. The fraction of sp³-hybridized carbons (Fsp3) is 0.733. The molecule has 0 aliphatic carbocycles. The lowest BCUT2D eigenvalue weighted by atomic mass is 10.2. The maximum Gasteiger partial charge on any atom is 0.317 e. The van der Waals surface area contributed by atoms with Crippen LogP contribution in [0.4, 0.5) is 4.79 Å². The van der Waals surface area contributed by atoms with Crippen LogP contribution < -0.4 is 5.32 Å². The maximum atomic E-state index is 12.1. The molecule has 1 aromatic heterocycles. The van der Waals surface area contributed by atoms with E-state index in [2.05, 4.69) is 30.3 Å². The van der Waals surface area contributed by atoms with Crippen LogP contribution in [0.25, 0.3) is 0 Å². The number of aryl methyl sites for hydroxylation is 2. The lowest BCUT2D eigenvalue weighted by molar-refractivity contribution is -0.00357. The van der Waals surface area contributed by atoms with Gasteiger partial charge in [0.25, 0.3) is 0 Å². The van der Waals surface area contributed by atoms with E-state index < -0.39 is 0 Å². The van der Waals surface area contributed by atoms with E-state index in [9.17, 15) is 4.79 Å².